The summed E-state index contributed by atoms with van der Waals surface area (Å²) in [5.41, 5.74) is 4.69. The zero-order valence-electron chi connectivity index (χ0n) is 18.8. The highest BCUT2D eigenvalue weighted by Crippen LogP contribution is 2.31. The molecule has 6 rings (SSSR count). The number of pyridine rings is 1. The van der Waals surface area contributed by atoms with Gasteiger partial charge in [0.15, 0.2) is 23.0 Å². The minimum absolute atomic E-state index is 0.475. The highest BCUT2D eigenvalue weighted by molar-refractivity contribution is 5.72. The molecule has 0 amide bonds. The highest BCUT2D eigenvalue weighted by Gasteiger charge is 2.25. The summed E-state index contributed by atoms with van der Waals surface area (Å²) in [6.45, 7) is 3.76. The van der Waals surface area contributed by atoms with Crippen molar-refractivity contribution in [2.24, 2.45) is 7.05 Å². The van der Waals surface area contributed by atoms with Gasteiger partial charge in [0.25, 0.3) is 0 Å². The SMILES string of the molecule is Cc1cn2nc(Nc3cc4cc(-c5c(OC[C@H]6CCN6C)cnn5C)ccn4n3)ccc2n1. The second-order valence-corrected chi connectivity index (χ2v) is 8.56. The van der Waals surface area contributed by atoms with Gasteiger partial charge in [-0.05, 0) is 51.2 Å². The number of hydrogen-bond acceptors (Lipinski definition) is 7. The van der Waals surface area contributed by atoms with Crippen LogP contribution in [-0.2, 0) is 7.05 Å². The largest absolute Gasteiger partial charge is 0.488 e. The average molecular weight is 444 g/mol. The lowest BCUT2D eigenvalue weighted by molar-refractivity contribution is 0.0771. The van der Waals surface area contributed by atoms with Crippen LogP contribution in [0.5, 0.6) is 5.75 Å². The topological polar surface area (TPSA) is 89.8 Å². The molecule has 1 saturated heterocycles. The molecular weight excluding hydrogens is 418 g/mol. The van der Waals surface area contributed by atoms with Gasteiger partial charge in [-0.25, -0.2) is 14.0 Å². The molecule has 5 aromatic heterocycles. The lowest BCUT2D eigenvalue weighted by Gasteiger charge is -2.37. The van der Waals surface area contributed by atoms with Crippen molar-refractivity contribution in [3.05, 3.63) is 54.6 Å². The molecule has 0 aromatic carbocycles. The third-order valence-electron chi connectivity index (χ3n) is 6.21. The number of nitrogens with zero attached hydrogens (tertiary/aromatic N) is 8. The lowest BCUT2D eigenvalue weighted by Crippen LogP contribution is -2.48. The molecule has 5 aromatic rings. The molecule has 0 radical (unpaired) electrons. The summed E-state index contributed by atoms with van der Waals surface area (Å²) >= 11 is 0. The van der Waals surface area contributed by atoms with Crippen LogP contribution in [0.4, 0.5) is 11.6 Å². The summed E-state index contributed by atoms with van der Waals surface area (Å²) in [5, 5.41) is 16.9. The predicted molar refractivity (Wildman–Crippen MR) is 125 cm³/mol. The first-order valence-electron chi connectivity index (χ1n) is 11.0. The van der Waals surface area contributed by atoms with Crippen LogP contribution in [0.15, 0.2) is 48.9 Å². The van der Waals surface area contributed by atoms with Gasteiger partial charge in [-0.1, -0.05) is 0 Å². The minimum atomic E-state index is 0.475. The number of imidazole rings is 1. The van der Waals surface area contributed by atoms with Gasteiger partial charge in [0.2, 0.25) is 0 Å². The number of aryl methyl sites for hydroxylation is 2. The Balaban J connectivity index is 1.26. The Morgan fingerprint density at radius 3 is 2.79 bits per heavy atom. The van der Waals surface area contributed by atoms with Crippen molar-refractivity contribution >= 4 is 22.8 Å². The van der Waals surface area contributed by atoms with Gasteiger partial charge in [0, 0.05) is 30.9 Å². The number of anilines is 2. The minimum Gasteiger partial charge on any atom is -0.488 e. The smallest absolute Gasteiger partial charge is 0.165 e. The number of likely N-dealkylation sites (tertiary alicyclic amines) is 1. The zero-order valence-corrected chi connectivity index (χ0v) is 18.8. The summed E-state index contributed by atoms with van der Waals surface area (Å²) in [7, 11) is 4.07. The standard InChI is InChI=1S/C23H25N9O/c1-15-13-32-22(25-15)5-4-20(27-32)26-21-11-18-10-16(6-9-31(18)28-21)23-19(12-24-30(23)3)33-14-17-7-8-29(17)2/h4-6,9-13,17H,7-8,14H2,1-3H3,(H,26,27,28)/t17-/m1/s1. The maximum atomic E-state index is 6.14. The molecule has 1 aliphatic rings. The van der Waals surface area contributed by atoms with E-state index >= 15 is 0 Å². The Labute approximate surface area is 190 Å². The molecule has 0 spiro atoms. The fraction of sp³-hybridized carbons (Fsp3) is 0.304. The van der Waals surface area contributed by atoms with Crippen LogP contribution in [-0.4, -0.2) is 65.1 Å². The number of ether oxygens (including phenoxy) is 1. The van der Waals surface area contributed by atoms with Crippen LogP contribution in [0.1, 0.15) is 12.1 Å². The van der Waals surface area contributed by atoms with E-state index in [9.17, 15) is 0 Å². The molecule has 0 saturated carbocycles. The molecule has 1 atom stereocenters. The third kappa shape index (κ3) is 3.58. The first kappa shape index (κ1) is 19.7. The van der Waals surface area contributed by atoms with Gasteiger partial charge in [0.05, 0.1) is 23.6 Å². The van der Waals surface area contributed by atoms with E-state index in [1.165, 1.54) is 6.42 Å². The fourth-order valence-corrected chi connectivity index (χ4v) is 4.22. The van der Waals surface area contributed by atoms with Gasteiger partial charge < -0.3 is 10.1 Å². The number of fused-ring (bicyclic) bond motifs is 2. The molecule has 1 N–H and O–H groups in total. The molecule has 0 unspecified atom stereocenters. The number of hydrogen-bond donors (Lipinski definition) is 1. The van der Waals surface area contributed by atoms with E-state index in [-0.39, 0.29) is 0 Å². The van der Waals surface area contributed by atoms with Crippen LogP contribution in [0.2, 0.25) is 0 Å². The van der Waals surface area contributed by atoms with E-state index in [0.29, 0.717) is 24.3 Å². The number of rotatable bonds is 6. The summed E-state index contributed by atoms with van der Waals surface area (Å²) in [6.07, 6.45) is 6.81. The molecule has 33 heavy (non-hydrogen) atoms. The van der Waals surface area contributed by atoms with E-state index in [4.69, 9.17) is 4.74 Å². The van der Waals surface area contributed by atoms with Gasteiger partial charge in [-0.3, -0.25) is 9.58 Å². The van der Waals surface area contributed by atoms with E-state index in [0.717, 1.165) is 40.4 Å². The molecule has 10 heteroatoms. The van der Waals surface area contributed by atoms with Crippen LogP contribution >= 0.6 is 0 Å². The van der Waals surface area contributed by atoms with Crippen molar-refractivity contribution < 1.29 is 4.74 Å². The van der Waals surface area contributed by atoms with E-state index in [1.807, 2.05) is 59.8 Å². The van der Waals surface area contributed by atoms with Crippen molar-refractivity contribution in [1.29, 1.82) is 0 Å². The maximum absolute atomic E-state index is 6.14. The Morgan fingerprint density at radius 1 is 1.09 bits per heavy atom. The van der Waals surface area contributed by atoms with Crippen LogP contribution in [0, 0.1) is 6.92 Å². The summed E-state index contributed by atoms with van der Waals surface area (Å²) in [6, 6.07) is 10.4. The Hall–Kier alpha value is -3.92. The van der Waals surface area contributed by atoms with E-state index in [1.54, 1.807) is 10.7 Å². The Morgan fingerprint density at radius 2 is 1.97 bits per heavy atom. The van der Waals surface area contributed by atoms with Gasteiger partial charge in [-0.2, -0.15) is 10.2 Å². The second-order valence-electron chi connectivity index (χ2n) is 8.56. The molecule has 1 aliphatic heterocycles. The third-order valence-corrected chi connectivity index (χ3v) is 6.21. The Kier molecular flexibility index (Phi) is 4.54. The average Bonchev–Trinajstić information content (AvgIpc) is 3.47. The van der Waals surface area contributed by atoms with Crippen molar-refractivity contribution in [2.45, 2.75) is 19.4 Å². The van der Waals surface area contributed by atoms with Gasteiger partial charge in [0.1, 0.15) is 12.3 Å². The monoisotopic (exact) mass is 443 g/mol. The van der Waals surface area contributed by atoms with Gasteiger partial charge >= 0.3 is 0 Å². The number of likely N-dealkylation sites (N-methyl/N-ethyl adjacent to an activating group) is 1. The molecule has 6 heterocycles. The maximum Gasteiger partial charge on any atom is 0.165 e. The van der Waals surface area contributed by atoms with Crippen LogP contribution in [0.3, 0.4) is 0 Å². The Bertz CT molecular complexity index is 1460. The molecule has 0 bridgehead atoms. The van der Waals surface area contributed by atoms with E-state index in [2.05, 4.69) is 43.6 Å². The first-order chi connectivity index (χ1) is 16.0. The summed E-state index contributed by atoms with van der Waals surface area (Å²) in [5.74, 6) is 2.21. The lowest BCUT2D eigenvalue weighted by atomic mass is 10.1. The fourth-order valence-electron chi connectivity index (χ4n) is 4.22. The normalized spacial score (nSPS) is 16.4. The molecular formula is C23H25N9O. The van der Waals surface area contributed by atoms with E-state index < -0.39 is 0 Å². The van der Waals surface area contributed by atoms with Gasteiger partial charge in [-0.15, -0.1) is 5.10 Å². The first-order valence-corrected chi connectivity index (χ1v) is 11.0. The molecule has 0 aliphatic carbocycles. The molecule has 10 nitrogen and oxygen atoms in total. The van der Waals surface area contributed by atoms with Crippen LogP contribution in [0.25, 0.3) is 22.4 Å². The highest BCUT2D eigenvalue weighted by atomic mass is 16.5. The zero-order chi connectivity index (χ0) is 22.5. The van der Waals surface area contributed by atoms with Crippen LogP contribution < -0.4 is 10.1 Å². The predicted octanol–water partition coefficient (Wildman–Crippen LogP) is 2.91. The molecule has 1 fully saturated rings. The number of nitrogens with one attached hydrogen (secondary N) is 1. The van der Waals surface area contributed by atoms with Crippen molar-refractivity contribution in [3.63, 3.8) is 0 Å². The van der Waals surface area contributed by atoms with Crippen molar-refractivity contribution in [2.75, 3.05) is 25.5 Å². The van der Waals surface area contributed by atoms with Crippen molar-refractivity contribution in [3.8, 4) is 17.0 Å². The second kappa shape index (κ2) is 7.59. The summed E-state index contributed by atoms with van der Waals surface area (Å²) < 4.78 is 11.6. The number of aromatic nitrogens is 7. The quantitative estimate of drug-likeness (QED) is 0.432. The van der Waals surface area contributed by atoms with Crippen molar-refractivity contribution in [1.82, 2.24) is 38.9 Å². The summed E-state index contributed by atoms with van der Waals surface area (Å²) in [4.78, 5) is 6.72. The molecule has 168 valence electrons.